The molecule has 1 aliphatic heterocycles. The normalized spacial score (nSPS) is 17.0. The maximum atomic E-state index is 11.2. The first-order valence-corrected chi connectivity index (χ1v) is 9.14. The van der Waals surface area contributed by atoms with Gasteiger partial charge >= 0.3 is 0 Å². The molecule has 140 valence electrons. The van der Waals surface area contributed by atoms with Gasteiger partial charge in [0.25, 0.3) is 0 Å². The monoisotopic (exact) mass is 338 g/mol. The third kappa shape index (κ3) is 12.1. The molecule has 1 rings (SSSR count). The zero-order valence-corrected chi connectivity index (χ0v) is 16.6. The van der Waals surface area contributed by atoms with E-state index in [1.807, 2.05) is 53.7 Å². The third-order valence-electron chi connectivity index (χ3n) is 3.35. The zero-order valence-electron chi connectivity index (χ0n) is 16.6. The largest absolute Gasteiger partial charge is 0.492 e. The molecule has 2 N–H and O–H groups in total. The van der Waals surface area contributed by atoms with Crippen LogP contribution in [0.25, 0.3) is 0 Å². The van der Waals surface area contributed by atoms with Gasteiger partial charge in [-0.3, -0.25) is 4.79 Å². The summed E-state index contributed by atoms with van der Waals surface area (Å²) in [6.45, 7) is 18.5. The third-order valence-corrected chi connectivity index (χ3v) is 3.35. The van der Waals surface area contributed by atoms with Gasteiger partial charge in [-0.1, -0.05) is 40.3 Å². The second kappa shape index (κ2) is 16.5. The maximum Gasteiger partial charge on any atom is 0.135 e. The number of hydrogen-bond acceptors (Lipinski definition) is 4. The Kier molecular flexibility index (Phi) is 17.1. The van der Waals surface area contributed by atoms with E-state index in [2.05, 4.69) is 11.5 Å². The van der Waals surface area contributed by atoms with Crippen LogP contribution in [0.2, 0.25) is 0 Å². The number of carbonyl (C=O) groups is 1. The van der Waals surface area contributed by atoms with Gasteiger partial charge in [0.2, 0.25) is 0 Å². The first kappa shape index (κ1) is 24.9. The fraction of sp³-hybridized carbons (Fsp3) is 0.650. The SMILES string of the molecule is C=C/C(C)=C\C(=C/C)OCC(N)CN1CCC(=O)CC1.CC.CC. The molecule has 1 aliphatic rings. The van der Waals surface area contributed by atoms with Crippen LogP contribution in [-0.2, 0) is 9.53 Å². The van der Waals surface area contributed by atoms with Crippen molar-refractivity contribution in [3.8, 4) is 0 Å². The van der Waals surface area contributed by atoms with Crippen LogP contribution in [0.1, 0.15) is 54.4 Å². The quantitative estimate of drug-likeness (QED) is 0.561. The predicted octanol–water partition coefficient (Wildman–Crippen LogP) is 4.08. The second-order valence-electron chi connectivity index (χ2n) is 5.19. The minimum absolute atomic E-state index is 0.0458. The van der Waals surface area contributed by atoms with E-state index in [-0.39, 0.29) is 6.04 Å². The molecule has 0 aromatic heterocycles. The molecule has 4 heteroatoms. The summed E-state index contributed by atoms with van der Waals surface area (Å²) in [5.41, 5.74) is 7.14. The molecule has 0 spiro atoms. The number of nitrogens with zero attached hydrogens (tertiary/aromatic N) is 1. The number of ether oxygens (including phenoxy) is 1. The molecule has 1 saturated heterocycles. The summed E-state index contributed by atoms with van der Waals surface area (Å²) in [6.07, 6.45) is 6.94. The highest BCUT2D eigenvalue weighted by atomic mass is 16.5. The number of allylic oxidation sites excluding steroid dienone is 4. The molecule has 1 fully saturated rings. The number of piperidine rings is 1. The molecule has 1 heterocycles. The van der Waals surface area contributed by atoms with Crippen molar-refractivity contribution in [3.05, 3.63) is 36.1 Å². The number of Topliss-reactive ketones (excluding diaryl/α,β-unsaturated/α-hetero) is 1. The van der Waals surface area contributed by atoms with E-state index < -0.39 is 0 Å². The molecule has 0 aromatic rings. The first-order chi connectivity index (χ1) is 11.5. The minimum atomic E-state index is -0.0458. The number of carbonyl (C=O) groups excluding carboxylic acids is 1. The Hall–Kier alpha value is -1.39. The second-order valence-corrected chi connectivity index (χ2v) is 5.19. The Bertz CT molecular complexity index is 390. The molecule has 0 aliphatic carbocycles. The minimum Gasteiger partial charge on any atom is -0.492 e. The summed E-state index contributed by atoms with van der Waals surface area (Å²) in [7, 11) is 0. The van der Waals surface area contributed by atoms with E-state index in [0.717, 1.165) is 31.0 Å². The topological polar surface area (TPSA) is 55.6 Å². The molecule has 0 saturated carbocycles. The molecule has 1 atom stereocenters. The van der Waals surface area contributed by atoms with Crippen LogP contribution in [-0.4, -0.2) is 43.0 Å². The van der Waals surface area contributed by atoms with Crippen LogP contribution in [0.4, 0.5) is 0 Å². The van der Waals surface area contributed by atoms with Gasteiger partial charge in [-0.15, -0.1) is 0 Å². The van der Waals surface area contributed by atoms with Gasteiger partial charge < -0.3 is 15.4 Å². The Labute approximate surface area is 149 Å². The summed E-state index contributed by atoms with van der Waals surface area (Å²) in [5, 5.41) is 0. The molecular weight excluding hydrogens is 300 g/mol. The first-order valence-electron chi connectivity index (χ1n) is 9.14. The average molecular weight is 339 g/mol. The van der Waals surface area contributed by atoms with Crippen LogP contribution in [0.5, 0.6) is 0 Å². The molecule has 0 bridgehead atoms. The molecule has 0 aromatic carbocycles. The lowest BCUT2D eigenvalue weighted by atomic mass is 10.1. The van der Waals surface area contributed by atoms with Crippen molar-refractivity contribution in [2.24, 2.45) is 5.73 Å². The summed E-state index contributed by atoms with van der Waals surface area (Å²) < 4.78 is 5.71. The van der Waals surface area contributed by atoms with Crippen LogP contribution >= 0.6 is 0 Å². The van der Waals surface area contributed by atoms with E-state index in [0.29, 0.717) is 25.2 Å². The standard InChI is InChI=1S/C16H26N2O2.2C2H6/c1-4-13(3)10-16(5-2)20-12-14(17)11-18-8-6-15(19)7-9-18;2*1-2/h4-5,10,14H,1,6-9,11-12,17H2,2-3H3;2*1-2H3/b13-10-,16-5+;;. The number of likely N-dealkylation sites (tertiary alicyclic amines) is 1. The fourth-order valence-electron chi connectivity index (χ4n) is 2.06. The number of hydrogen-bond donors (Lipinski definition) is 1. The number of rotatable bonds is 7. The van der Waals surface area contributed by atoms with Crippen LogP contribution in [0.15, 0.2) is 36.1 Å². The van der Waals surface area contributed by atoms with E-state index >= 15 is 0 Å². The van der Waals surface area contributed by atoms with Gasteiger partial charge in [0.15, 0.2) is 0 Å². The maximum absolute atomic E-state index is 11.2. The van der Waals surface area contributed by atoms with Crippen LogP contribution in [0, 0.1) is 0 Å². The Morgan fingerprint density at radius 2 is 1.83 bits per heavy atom. The molecule has 24 heavy (non-hydrogen) atoms. The zero-order chi connectivity index (χ0) is 19.0. The lowest BCUT2D eigenvalue weighted by Crippen LogP contribution is -2.44. The Morgan fingerprint density at radius 3 is 2.29 bits per heavy atom. The highest BCUT2D eigenvalue weighted by molar-refractivity contribution is 5.79. The summed E-state index contributed by atoms with van der Waals surface area (Å²) in [4.78, 5) is 13.4. The lowest BCUT2D eigenvalue weighted by Gasteiger charge is -2.28. The van der Waals surface area contributed by atoms with E-state index in [1.165, 1.54) is 0 Å². The number of ketones is 1. The van der Waals surface area contributed by atoms with Gasteiger partial charge in [0, 0.05) is 32.5 Å². The fourth-order valence-corrected chi connectivity index (χ4v) is 2.06. The molecular formula is C20H38N2O2. The van der Waals surface area contributed by atoms with Gasteiger partial charge in [-0.25, -0.2) is 0 Å². The van der Waals surface area contributed by atoms with Crippen molar-refractivity contribution in [2.45, 2.75) is 60.4 Å². The van der Waals surface area contributed by atoms with Crippen molar-refractivity contribution in [3.63, 3.8) is 0 Å². The smallest absolute Gasteiger partial charge is 0.135 e. The van der Waals surface area contributed by atoms with Crippen molar-refractivity contribution >= 4 is 5.78 Å². The summed E-state index contributed by atoms with van der Waals surface area (Å²) >= 11 is 0. The molecule has 4 nitrogen and oxygen atoms in total. The average Bonchev–Trinajstić information content (AvgIpc) is 2.63. The van der Waals surface area contributed by atoms with Crippen molar-refractivity contribution < 1.29 is 9.53 Å². The Balaban J connectivity index is 0. The summed E-state index contributed by atoms with van der Waals surface area (Å²) in [5.74, 6) is 1.17. The van der Waals surface area contributed by atoms with Crippen molar-refractivity contribution in [1.82, 2.24) is 4.90 Å². The molecule has 0 amide bonds. The Morgan fingerprint density at radius 1 is 1.29 bits per heavy atom. The lowest BCUT2D eigenvalue weighted by molar-refractivity contribution is -0.121. The van der Waals surface area contributed by atoms with Gasteiger partial charge in [0.1, 0.15) is 18.1 Å². The highest BCUT2D eigenvalue weighted by Gasteiger charge is 2.18. The van der Waals surface area contributed by atoms with Crippen LogP contribution < -0.4 is 5.73 Å². The molecule has 0 radical (unpaired) electrons. The van der Waals surface area contributed by atoms with Crippen molar-refractivity contribution in [2.75, 3.05) is 26.2 Å². The van der Waals surface area contributed by atoms with E-state index in [4.69, 9.17) is 10.5 Å². The highest BCUT2D eigenvalue weighted by Crippen LogP contribution is 2.08. The van der Waals surface area contributed by atoms with E-state index in [9.17, 15) is 4.79 Å². The van der Waals surface area contributed by atoms with E-state index in [1.54, 1.807) is 6.08 Å². The predicted molar refractivity (Wildman–Crippen MR) is 105 cm³/mol. The van der Waals surface area contributed by atoms with Gasteiger partial charge in [-0.05, 0) is 31.6 Å². The molecule has 1 unspecified atom stereocenters. The van der Waals surface area contributed by atoms with Crippen LogP contribution in [0.3, 0.4) is 0 Å². The van der Waals surface area contributed by atoms with Crippen molar-refractivity contribution in [1.29, 1.82) is 0 Å². The number of nitrogens with two attached hydrogens (primary N) is 1. The van der Waals surface area contributed by atoms with Gasteiger partial charge in [-0.2, -0.15) is 0 Å². The van der Waals surface area contributed by atoms with Gasteiger partial charge in [0.05, 0.1) is 6.04 Å². The summed E-state index contributed by atoms with van der Waals surface area (Å²) in [6, 6.07) is -0.0458.